The van der Waals surface area contributed by atoms with Crippen molar-refractivity contribution in [1.82, 2.24) is 5.32 Å². The molecule has 4 rings (SSSR count). The number of nitrogens with one attached hydrogen (secondary N) is 1. The van der Waals surface area contributed by atoms with Gasteiger partial charge in [-0.15, -0.1) is 11.3 Å². The molecule has 140 valence electrons. The molecule has 0 saturated carbocycles. The van der Waals surface area contributed by atoms with E-state index in [2.05, 4.69) is 22.3 Å². The summed E-state index contributed by atoms with van der Waals surface area (Å²) in [4.78, 5) is 15.9. The molecule has 6 heteroatoms. The van der Waals surface area contributed by atoms with E-state index in [1.807, 2.05) is 43.3 Å². The average Bonchev–Trinajstić information content (AvgIpc) is 3.40. The van der Waals surface area contributed by atoms with Gasteiger partial charge >= 0.3 is 0 Å². The molecule has 1 aromatic carbocycles. The SMILES string of the molecule is C[C@@H](NC(=O)c1cc(-c2ccccc2)c(N2CCOCC2)s1)c1ccco1. The Morgan fingerprint density at radius 1 is 1.15 bits per heavy atom. The van der Waals surface area contributed by atoms with Gasteiger partial charge in [0.2, 0.25) is 0 Å². The molecule has 2 aromatic heterocycles. The van der Waals surface area contributed by atoms with Crippen molar-refractivity contribution in [2.24, 2.45) is 0 Å². The number of carbonyl (C=O) groups is 1. The number of furan rings is 1. The highest BCUT2D eigenvalue weighted by atomic mass is 32.1. The summed E-state index contributed by atoms with van der Waals surface area (Å²) in [7, 11) is 0. The maximum absolute atomic E-state index is 12.8. The Morgan fingerprint density at radius 3 is 2.63 bits per heavy atom. The van der Waals surface area contributed by atoms with Crippen LogP contribution in [0.25, 0.3) is 11.1 Å². The maximum Gasteiger partial charge on any atom is 0.262 e. The third-order valence-electron chi connectivity index (χ3n) is 4.64. The monoisotopic (exact) mass is 382 g/mol. The summed E-state index contributed by atoms with van der Waals surface area (Å²) in [6.07, 6.45) is 1.62. The first kappa shape index (κ1) is 17.8. The average molecular weight is 382 g/mol. The van der Waals surface area contributed by atoms with E-state index in [0.717, 1.165) is 35.0 Å². The van der Waals surface area contributed by atoms with Crippen molar-refractivity contribution in [1.29, 1.82) is 0 Å². The van der Waals surface area contributed by atoms with E-state index < -0.39 is 0 Å². The van der Waals surface area contributed by atoms with Gasteiger partial charge in [-0.2, -0.15) is 0 Å². The number of nitrogens with zero attached hydrogens (tertiary/aromatic N) is 1. The van der Waals surface area contributed by atoms with Crippen LogP contribution in [-0.4, -0.2) is 32.2 Å². The fraction of sp³-hybridized carbons (Fsp3) is 0.286. The first-order chi connectivity index (χ1) is 13.2. The van der Waals surface area contributed by atoms with Crippen LogP contribution in [-0.2, 0) is 4.74 Å². The van der Waals surface area contributed by atoms with Crippen LogP contribution in [0.3, 0.4) is 0 Å². The molecule has 0 unspecified atom stereocenters. The van der Waals surface area contributed by atoms with Gasteiger partial charge in [0, 0.05) is 18.7 Å². The summed E-state index contributed by atoms with van der Waals surface area (Å²) in [5, 5.41) is 4.15. The summed E-state index contributed by atoms with van der Waals surface area (Å²) in [5.74, 6) is 0.664. The molecular weight excluding hydrogens is 360 g/mol. The van der Waals surface area contributed by atoms with E-state index in [1.54, 1.807) is 6.26 Å². The van der Waals surface area contributed by atoms with Gasteiger partial charge in [0.05, 0.1) is 35.4 Å². The highest BCUT2D eigenvalue weighted by molar-refractivity contribution is 7.18. The van der Waals surface area contributed by atoms with E-state index in [-0.39, 0.29) is 11.9 Å². The van der Waals surface area contributed by atoms with Crippen LogP contribution in [0.5, 0.6) is 0 Å². The van der Waals surface area contributed by atoms with Crippen LogP contribution >= 0.6 is 11.3 Å². The smallest absolute Gasteiger partial charge is 0.262 e. The molecule has 27 heavy (non-hydrogen) atoms. The van der Waals surface area contributed by atoms with Crippen LogP contribution in [0.1, 0.15) is 28.4 Å². The summed E-state index contributed by atoms with van der Waals surface area (Å²) in [6.45, 7) is 5.02. The molecule has 0 spiro atoms. The number of benzene rings is 1. The lowest BCUT2D eigenvalue weighted by Crippen LogP contribution is -2.35. The van der Waals surface area contributed by atoms with Crippen LogP contribution in [0.2, 0.25) is 0 Å². The minimum Gasteiger partial charge on any atom is -0.467 e. The molecule has 5 nitrogen and oxygen atoms in total. The molecule has 1 N–H and O–H groups in total. The quantitative estimate of drug-likeness (QED) is 0.713. The van der Waals surface area contributed by atoms with E-state index in [4.69, 9.17) is 9.15 Å². The zero-order chi connectivity index (χ0) is 18.6. The Labute approximate surface area is 162 Å². The normalized spacial score (nSPS) is 15.5. The predicted molar refractivity (Wildman–Crippen MR) is 107 cm³/mol. The van der Waals surface area contributed by atoms with Crippen molar-refractivity contribution in [2.75, 3.05) is 31.2 Å². The van der Waals surface area contributed by atoms with Gasteiger partial charge in [0.25, 0.3) is 5.91 Å². The fourth-order valence-electron chi connectivity index (χ4n) is 3.20. The largest absolute Gasteiger partial charge is 0.467 e. The number of hydrogen-bond donors (Lipinski definition) is 1. The standard InChI is InChI=1S/C21H22N2O3S/c1-15(18-8-5-11-26-18)22-20(24)19-14-17(16-6-3-2-4-7-16)21(27-19)23-9-12-25-13-10-23/h2-8,11,14-15H,9-10,12-13H2,1H3,(H,22,24)/t15-/m1/s1. The molecule has 0 radical (unpaired) electrons. The van der Waals surface area contributed by atoms with E-state index in [9.17, 15) is 4.79 Å². The first-order valence-electron chi connectivity index (χ1n) is 9.08. The Bertz CT molecular complexity index is 884. The Kier molecular flexibility index (Phi) is 5.27. The molecule has 1 saturated heterocycles. The number of carbonyl (C=O) groups excluding carboxylic acids is 1. The van der Waals surface area contributed by atoms with Crippen LogP contribution < -0.4 is 10.2 Å². The van der Waals surface area contributed by atoms with Gasteiger partial charge in [-0.1, -0.05) is 30.3 Å². The zero-order valence-electron chi connectivity index (χ0n) is 15.2. The number of ether oxygens (including phenoxy) is 1. The third-order valence-corrected chi connectivity index (χ3v) is 5.83. The molecular formula is C21H22N2O3S. The van der Waals surface area contributed by atoms with Crippen molar-refractivity contribution < 1.29 is 13.9 Å². The predicted octanol–water partition coefficient (Wildman–Crippen LogP) is 4.34. The fourth-order valence-corrected chi connectivity index (χ4v) is 4.33. The number of amides is 1. The maximum atomic E-state index is 12.8. The van der Waals surface area contributed by atoms with Crippen molar-refractivity contribution in [3.8, 4) is 11.1 Å². The van der Waals surface area contributed by atoms with Crippen LogP contribution in [0.15, 0.2) is 59.2 Å². The van der Waals surface area contributed by atoms with Gasteiger partial charge in [-0.25, -0.2) is 0 Å². The van der Waals surface area contributed by atoms with Crippen molar-refractivity contribution in [3.63, 3.8) is 0 Å². The highest BCUT2D eigenvalue weighted by Crippen LogP contribution is 2.39. The second-order valence-corrected chi connectivity index (χ2v) is 7.54. The number of anilines is 1. The summed E-state index contributed by atoms with van der Waals surface area (Å²) in [6, 6.07) is 15.7. The molecule has 1 atom stereocenters. The van der Waals surface area contributed by atoms with Gasteiger partial charge < -0.3 is 19.4 Å². The van der Waals surface area contributed by atoms with Crippen LogP contribution in [0, 0.1) is 0 Å². The lowest BCUT2D eigenvalue weighted by Gasteiger charge is -2.28. The van der Waals surface area contributed by atoms with Gasteiger partial charge in [-0.3, -0.25) is 4.79 Å². The highest BCUT2D eigenvalue weighted by Gasteiger charge is 2.23. The molecule has 3 heterocycles. The Balaban J connectivity index is 1.63. The van der Waals surface area contributed by atoms with Gasteiger partial charge in [0.1, 0.15) is 5.76 Å². The minimum absolute atomic E-state index is 0.0828. The number of rotatable bonds is 5. The molecule has 3 aromatic rings. The molecule has 1 fully saturated rings. The Hall–Kier alpha value is -2.57. The van der Waals surface area contributed by atoms with E-state index in [0.29, 0.717) is 18.1 Å². The van der Waals surface area contributed by atoms with Crippen molar-refractivity contribution in [3.05, 3.63) is 65.4 Å². The molecule has 1 amide bonds. The Morgan fingerprint density at radius 2 is 1.93 bits per heavy atom. The number of morpholine rings is 1. The second-order valence-electron chi connectivity index (χ2n) is 6.51. The summed E-state index contributed by atoms with van der Waals surface area (Å²) >= 11 is 1.54. The zero-order valence-corrected chi connectivity index (χ0v) is 16.0. The summed E-state index contributed by atoms with van der Waals surface area (Å²) < 4.78 is 10.9. The minimum atomic E-state index is -0.179. The first-order valence-corrected chi connectivity index (χ1v) is 9.90. The topological polar surface area (TPSA) is 54.7 Å². The van der Waals surface area contributed by atoms with Crippen molar-refractivity contribution >= 4 is 22.2 Å². The molecule has 1 aliphatic rings. The third kappa shape index (κ3) is 3.91. The lowest BCUT2D eigenvalue weighted by atomic mass is 10.1. The van der Waals surface area contributed by atoms with Crippen LogP contribution in [0.4, 0.5) is 5.00 Å². The summed E-state index contributed by atoms with van der Waals surface area (Å²) in [5.41, 5.74) is 2.21. The number of hydrogen-bond acceptors (Lipinski definition) is 5. The lowest BCUT2D eigenvalue weighted by molar-refractivity contribution is 0.0939. The van der Waals surface area contributed by atoms with Gasteiger partial charge in [-0.05, 0) is 30.7 Å². The van der Waals surface area contributed by atoms with E-state index >= 15 is 0 Å². The molecule has 0 bridgehead atoms. The number of thiophene rings is 1. The second kappa shape index (κ2) is 7.98. The van der Waals surface area contributed by atoms with Gasteiger partial charge in [0.15, 0.2) is 0 Å². The molecule has 0 aliphatic carbocycles. The van der Waals surface area contributed by atoms with E-state index in [1.165, 1.54) is 11.3 Å². The molecule has 1 aliphatic heterocycles. The van der Waals surface area contributed by atoms with Crippen molar-refractivity contribution in [2.45, 2.75) is 13.0 Å².